The van der Waals surface area contributed by atoms with Gasteiger partial charge < -0.3 is 19.6 Å². The maximum atomic E-state index is 14.2. The van der Waals surface area contributed by atoms with Gasteiger partial charge in [-0.15, -0.1) is 0 Å². The van der Waals surface area contributed by atoms with E-state index in [0.717, 1.165) is 30.2 Å². The number of nitrogens with zero attached hydrogens (tertiary/aromatic N) is 4. The summed E-state index contributed by atoms with van der Waals surface area (Å²) in [6.07, 6.45) is 13.6. The van der Waals surface area contributed by atoms with Crippen LogP contribution in [-0.2, 0) is 9.63 Å². The quantitative estimate of drug-likeness (QED) is 0.268. The first kappa shape index (κ1) is 27.4. The fourth-order valence-corrected chi connectivity index (χ4v) is 8.44. The molecular weight excluding hydrogens is 508 g/mol. The van der Waals surface area contributed by atoms with Gasteiger partial charge in [0.05, 0.1) is 24.1 Å². The van der Waals surface area contributed by atoms with Crippen LogP contribution < -0.4 is 5.56 Å². The van der Waals surface area contributed by atoms with Gasteiger partial charge in [0.15, 0.2) is 5.69 Å². The monoisotopic (exact) mass is 550 g/mol. The molecule has 2 aromatic rings. The number of benzene rings is 1. The SMILES string of the molecule is O=C(O)CCC(=NOCCO)c1nc2ccccc2n(C2C[C@H]3CCC[C@@H](C2)N3C2CC3CCCC(C3)C2)c1=O. The fourth-order valence-electron chi connectivity index (χ4n) is 8.44. The van der Waals surface area contributed by atoms with Crippen molar-refractivity contribution in [2.24, 2.45) is 17.0 Å². The molecule has 216 valence electrons. The Kier molecular flexibility index (Phi) is 8.21. The molecule has 40 heavy (non-hydrogen) atoms. The largest absolute Gasteiger partial charge is 0.481 e. The van der Waals surface area contributed by atoms with Crippen LogP contribution in [0.2, 0.25) is 0 Å². The highest BCUT2D eigenvalue weighted by atomic mass is 16.6. The minimum Gasteiger partial charge on any atom is -0.481 e. The molecule has 2 saturated carbocycles. The second-order valence-corrected chi connectivity index (χ2v) is 12.4. The van der Waals surface area contributed by atoms with Gasteiger partial charge in [0.25, 0.3) is 5.56 Å². The second-order valence-electron chi connectivity index (χ2n) is 12.4. The third-order valence-corrected chi connectivity index (χ3v) is 9.90. The summed E-state index contributed by atoms with van der Waals surface area (Å²) in [6.45, 7) is -0.266. The number of fused-ring (bicyclic) bond motifs is 5. The van der Waals surface area contributed by atoms with E-state index in [-0.39, 0.29) is 49.1 Å². The topological polar surface area (TPSA) is 117 Å². The Bertz CT molecular complexity index is 1280. The minimum atomic E-state index is -0.983. The van der Waals surface area contributed by atoms with Crippen molar-refractivity contribution in [3.05, 3.63) is 40.3 Å². The van der Waals surface area contributed by atoms with Gasteiger partial charge in [0.1, 0.15) is 12.3 Å². The van der Waals surface area contributed by atoms with Crippen LogP contribution in [0.25, 0.3) is 11.0 Å². The van der Waals surface area contributed by atoms with Crippen molar-refractivity contribution in [3.63, 3.8) is 0 Å². The molecule has 6 rings (SSSR count). The number of oxime groups is 1. The molecule has 1 aromatic heterocycles. The standard InChI is InChI=1S/C31H42N4O5/c36-13-14-40-33-27(11-12-29(37)38)30-31(39)35(28-10-2-1-9-26(28)32-30)25-18-22-7-4-8-23(19-25)34(22)24-16-20-5-3-6-21(15-20)17-24/h1-2,9-10,20-25,36H,3-8,11-19H2,(H,37,38)/t20?,21?,22-,23+,24?,25?. The zero-order chi connectivity index (χ0) is 27.6. The van der Waals surface area contributed by atoms with E-state index in [1.54, 1.807) is 0 Å². The highest BCUT2D eigenvalue weighted by Gasteiger charge is 2.45. The Morgan fingerprint density at radius 2 is 1.62 bits per heavy atom. The van der Waals surface area contributed by atoms with E-state index < -0.39 is 5.97 Å². The van der Waals surface area contributed by atoms with Gasteiger partial charge in [-0.1, -0.05) is 43.0 Å². The molecular formula is C31H42N4O5. The van der Waals surface area contributed by atoms with Crippen LogP contribution >= 0.6 is 0 Å². The van der Waals surface area contributed by atoms with Gasteiger partial charge in [-0.05, 0) is 68.9 Å². The lowest BCUT2D eigenvalue weighted by molar-refractivity contribution is -0.136. The van der Waals surface area contributed by atoms with E-state index >= 15 is 0 Å². The smallest absolute Gasteiger partial charge is 0.303 e. The number of aliphatic carboxylic acids is 1. The molecule has 3 heterocycles. The molecule has 3 unspecified atom stereocenters. The number of rotatable bonds is 9. The Morgan fingerprint density at radius 1 is 0.925 bits per heavy atom. The summed E-state index contributed by atoms with van der Waals surface area (Å²) in [5, 5.41) is 22.5. The van der Waals surface area contributed by atoms with Crippen molar-refractivity contribution in [2.75, 3.05) is 13.2 Å². The molecule has 4 bridgehead atoms. The molecule has 9 nitrogen and oxygen atoms in total. The Balaban J connectivity index is 1.34. The summed E-state index contributed by atoms with van der Waals surface area (Å²) in [7, 11) is 0. The average Bonchev–Trinajstić information content (AvgIpc) is 2.94. The number of carboxylic acid groups (broad SMARTS) is 1. The van der Waals surface area contributed by atoms with Gasteiger partial charge in [-0.2, -0.15) is 0 Å². The van der Waals surface area contributed by atoms with Gasteiger partial charge in [0.2, 0.25) is 0 Å². The van der Waals surface area contributed by atoms with Crippen molar-refractivity contribution >= 4 is 22.7 Å². The summed E-state index contributed by atoms with van der Waals surface area (Å²) in [4.78, 5) is 38.3. The Hall–Kier alpha value is -2.78. The number of carbonyl (C=O) groups is 1. The zero-order valence-corrected chi connectivity index (χ0v) is 23.3. The summed E-state index contributed by atoms with van der Waals surface area (Å²) < 4.78 is 1.93. The van der Waals surface area contributed by atoms with Crippen molar-refractivity contribution in [3.8, 4) is 0 Å². The predicted octanol–water partition coefficient (Wildman–Crippen LogP) is 4.50. The van der Waals surface area contributed by atoms with Crippen LogP contribution in [0.15, 0.2) is 34.2 Å². The first-order valence-corrected chi connectivity index (χ1v) is 15.3. The minimum absolute atomic E-state index is 0.0229. The number of aromatic nitrogens is 2. The van der Waals surface area contributed by atoms with Crippen LogP contribution in [0.1, 0.15) is 95.2 Å². The number of aliphatic hydroxyl groups excluding tert-OH is 1. The highest BCUT2D eigenvalue weighted by Crippen LogP contribution is 2.47. The van der Waals surface area contributed by atoms with E-state index in [2.05, 4.69) is 15.0 Å². The van der Waals surface area contributed by atoms with E-state index in [1.165, 1.54) is 57.8 Å². The van der Waals surface area contributed by atoms with Crippen LogP contribution in [0.4, 0.5) is 0 Å². The van der Waals surface area contributed by atoms with Gasteiger partial charge >= 0.3 is 5.97 Å². The predicted molar refractivity (Wildman–Crippen MR) is 152 cm³/mol. The first-order chi connectivity index (χ1) is 19.5. The third-order valence-electron chi connectivity index (χ3n) is 9.90. The van der Waals surface area contributed by atoms with E-state index in [4.69, 9.17) is 9.94 Å². The molecule has 1 aromatic carbocycles. The van der Waals surface area contributed by atoms with Crippen LogP contribution in [-0.4, -0.2) is 67.7 Å². The molecule has 2 N–H and O–H groups in total. The van der Waals surface area contributed by atoms with Crippen molar-refractivity contribution < 1.29 is 19.8 Å². The maximum Gasteiger partial charge on any atom is 0.303 e. The molecule has 0 amide bonds. The Morgan fingerprint density at radius 3 is 2.33 bits per heavy atom. The average molecular weight is 551 g/mol. The third kappa shape index (κ3) is 5.55. The lowest BCUT2D eigenvalue weighted by Crippen LogP contribution is -2.58. The van der Waals surface area contributed by atoms with E-state index in [1.807, 2.05) is 28.8 Å². The Labute approximate surface area is 235 Å². The zero-order valence-electron chi connectivity index (χ0n) is 23.3. The van der Waals surface area contributed by atoms with Gasteiger partial charge in [-0.25, -0.2) is 4.98 Å². The van der Waals surface area contributed by atoms with Crippen molar-refractivity contribution in [1.82, 2.24) is 14.5 Å². The number of piperidine rings is 2. The fraction of sp³-hybridized carbons (Fsp3) is 0.677. The number of hydrogen-bond acceptors (Lipinski definition) is 7. The maximum absolute atomic E-state index is 14.2. The molecule has 0 spiro atoms. The molecule has 4 aliphatic rings. The van der Waals surface area contributed by atoms with Crippen molar-refractivity contribution in [1.29, 1.82) is 0 Å². The van der Waals surface area contributed by atoms with Crippen LogP contribution in [0.5, 0.6) is 0 Å². The molecule has 4 fully saturated rings. The summed E-state index contributed by atoms with van der Waals surface area (Å²) in [5.74, 6) is 0.798. The van der Waals surface area contributed by atoms with E-state index in [9.17, 15) is 14.7 Å². The van der Waals surface area contributed by atoms with Crippen LogP contribution in [0, 0.1) is 11.8 Å². The highest BCUT2D eigenvalue weighted by molar-refractivity contribution is 6.00. The summed E-state index contributed by atoms with van der Waals surface area (Å²) in [5.41, 5.74) is 1.63. The van der Waals surface area contributed by atoms with Crippen LogP contribution in [0.3, 0.4) is 0 Å². The summed E-state index contributed by atoms with van der Waals surface area (Å²) >= 11 is 0. The molecule has 9 heteroatoms. The molecule has 0 radical (unpaired) electrons. The molecule has 5 atom stereocenters. The second kappa shape index (κ2) is 12.0. The molecule has 2 aliphatic heterocycles. The lowest BCUT2D eigenvalue weighted by atomic mass is 9.68. The lowest BCUT2D eigenvalue weighted by Gasteiger charge is -2.55. The van der Waals surface area contributed by atoms with E-state index in [0.29, 0.717) is 23.6 Å². The first-order valence-electron chi connectivity index (χ1n) is 15.3. The van der Waals surface area contributed by atoms with Gasteiger partial charge in [0, 0.05) is 30.6 Å². The molecule has 2 saturated heterocycles. The normalized spacial score (nSPS) is 30.8. The summed E-state index contributed by atoms with van der Waals surface area (Å²) in [6, 6.07) is 9.41. The number of aliphatic hydroxyl groups is 1. The molecule has 2 aliphatic carbocycles. The number of hydrogen-bond donors (Lipinski definition) is 2. The number of carboxylic acids is 1. The number of para-hydroxylation sites is 2. The van der Waals surface area contributed by atoms with Crippen molar-refractivity contribution in [2.45, 2.75) is 108 Å². The van der Waals surface area contributed by atoms with Gasteiger partial charge in [-0.3, -0.25) is 14.5 Å².